The standard InChI is InChI=1S/C14H17N3O2S/c1-8-9(2)20-13-11(8)12(15-7-16-13)17-5-3-10(4-6-17)14(18)19/h7,10H,3-6H2,1-2H3,(H,18,19)/p-1. The number of carboxylic acid groups (broad SMARTS) is 1. The van der Waals surface area contributed by atoms with Gasteiger partial charge in [-0.1, -0.05) is 0 Å². The van der Waals surface area contributed by atoms with E-state index in [-0.39, 0.29) is 5.92 Å². The largest absolute Gasteiger partial charge is 0.550 e. The topological polar surface area (TPSA) is 69.2 Å². The fourth-order valence-corrected chi connectivity index (χ4v) is 3.72. The molecular weight excluding hydrogens is 274 g/mol. The molecule has 0 radical (unpaired) electrons. The predicted octanol–water partition coefficient (Wildman–Crippen LogP) is 1.27. The molecule has 6 heteroatoms. The quantitative estimate of drug-likeness (QED) is 0.833. The van der Waals surface area contributed by atoms with E-state index in [2.05, 4.69) is 28.7 Å². The number of carbonyl (C=O) groups is 1. The second-order valence-corrected chi connectivity index (χ2v) is 6.44. The average molecular weight is 290 g/mol. The van der Waals surface area contributed by atoms with Crippen LogP contribution in [0.5, 0.6) is 0 Å². The van der Waals surface area contributed by atoms with Gasteiger partial charge in [0.25, 0.3) is 0 Å². The number of thiophene rings is 1. The molecule has 0 amide bonds. The number of carboxylic acids is 1. The number of piperidine rings is 1. The van der Waals surface area contributed by atoms with Crippen LogP contribution in [0.2, 0.25) is 0 Å². The van der Waals surface area contributed by atoms with Crippen LogP contribution < -0.4 is 10.0 Å². The summed E-state index contributed by atoms with van der Waals surface area (Å²) in [7, 11) is 0. The summed E-state index contributed by atoms with van der Waals surface area (Å²) in [5.74, 6) is -0.317. The van der Waals surface area contributed by atoms with Crippen molar-refractivity contribution in [2.45, 2.75) is 26.7 Å². The molecule has 2 aromatic rings. The SMILES string of the molecule is Cc1sc2ncnc(N3CCC(C(=O)[O-])CC3)c2c1C. The fraction of sp³-hybridized carbons (Fsp3) is 0.500. The molecule has 0 aliphatic carbocycles. The molecule has 20 heavy (non-hydrogen) atoms. The van der Waals surface area contributed by atoms with Gasteiger partial charge in [0, 0.05) is 29.9 Å². The van der Waals surface area contributed by atoms with Crippen molar-refractivity contribution in [2.24, 2.45) is 5.92 Å². The number of aromatic nitrogens is 2. The van der Waals surface area contributed by atoms with Gasteiger partial charge in [0.1, 0.15) is 17.0 Å². The highest BCUT2D eigenvalue weighted by atomic mass is 32.1. The Morgan fingerprint density at radius 1 is 1.35 bits per heavy atom. The van der Waals surface area contributed by atoms with Crippen molar-refractivity contribution in [1.82, 2.24) is 9.97 Å². The number of fused-ring (bicyclic) bond motifs is 1. The van der Waals surface area contributed by atoms with Gasteiger partial charge in [-0.05, 0) is 32.3 Å². The Balaban J connectivity index is 1.94. The van der Waals surface area contributed by atoms with Gasteiger partial charge in [-0.15, -0.1) is 11.3 Å². The van der Waals surface area contributed by atoms with Crippen LogP contribution in [0.1, 0.15) is 23.3 Å². The molecule has 0 bridgehead atoms. The van der Waals surface area contributed by atoms with Gasteiger partial charge in [-0.3, -0.25) is 0 Å². The second kappa shape index (κ2) is 5.01. The number of aliphatic carboxylic acids is 1. The van der Waals surface area contributed by atoms with Crippen LogP contribution in [0, 0.1) is 19.8 Å². The highest BCUT2D eigenvalue weighted by molar-refractivity contribution is 7.18. The van der Waals surface area contributed by atoms with Gasteiger partial charge in [0.2, 0.25) is 0 Å². The Bertz CT molecular complexity index is 660. The van der Waals surface area contributed by atoms with Crippen molar-refractivity contribution >= 4 is 33.3 Å². The number of aryl methyl sites for hydroxylation is 2. The highest BCUT2D eigenvalue weighted by Gasteiger charge is 2.23. The van der Waals surface area contributed by atoms with Crippen LogP contribution in [0.15, 0.2) is 6.33 Å². The zero-order valence-corrected chi connectivity index (χ0v) is 12.4. The number of nitrogens with zero attached hydrogens (tertiary/aromatic N) is 3. The molecular formula is C14H16N3O2S-. The number of anilines is 1. The molecule has 1 aliphatic rings. The molecule has 0 saturated carbocycles. The van der Waals surface area contributed by atoms with E-state index in [0.717, 1.165) is 16.0 Å². The summed E-state index contributed by atoms with van der Waals surface area (Å²) in [5, 5.41) is 12.0. The van der Waals surface area contributed by atoms with Crippen molar-refractivity contribution in [2.75, 3.05) is 18.0 Å². The molecule has 106 valence electrons. The summed E-state index contributed by atoms with van der Waals surface area (Å²) in [5.41, 5.74) is 1.22. The first-order valence-electron chi connectivity index (χ1n) is 6.74. The molecule has 1 saturated heterocycles. The molecule has 0 N–H and O–H groups in total. The number of hydrogen-bond acceptors (Lipinski definition) is 6. The molecule has 0 spiro atoms. The zero-order chi connectivity index (χ0) is 14.3. The Morgan fingerprint density at radius 2 is 2.05 bits per heavy atom. The van der Waals surface area contributed by atoms with E-state index in [4.69, 9.17) is 0 Å². The van der Waals surface area contributed by atoms with E-state index in [0.29, 0.717) is 25.9 Å². The molecule has 0 unspecified atom stereocenters. The van der Waals surface area contributed by atoms with Crippen molar-refractivity contribution in [3.8, 4) is 0 Å². The smallest absolute Gasteiger partial charge is 0.141 e. The minimum Gasteiger partial charge on any atom is -0.550 e. The van der Waals surface area contributed by atoms with Crippen LogP contribution >= 0.6 is 11.3 Å². The van der Waals surface area contributed by atoms with Crippen LogP contribution in [-0.4, -0.2) is 29.0 Å². The Kier molecular flexibility index (Phi) is 3.33. The normalized spacial score (nSPS) is 16.8. The summed E-state index contributed by atoms with van der Waals surface area (Å²) in [6.45, 7) is 5.60. The molecule has 3 rings (SSSR count). The minimum atomic E-state index is -0.931. The van der Waals surface area contributed by atoms with Crippen LogP contribution in [-0.2, 0) is 4.79 Å². The summed E-state index contributed by atoms with van der Waals surface area (Å²) < 4.78 is 0. The van der Waals surface area contributed by atoms with Gasteiger partial charge in [0.05, 0.1) is 5.39 Å². The lowest BCUT2D eigenvalue weighted by molar-refractivity contribution is -0.312. The lowest BCUT2D eigenvalue weighted by Crippen LogP contribution is -2.41. The summed E-state index contributed by atoms with van der Waals surface area (Å²) >= 11 is 1.68. The van der Waals surface area contributed by atoms with Crippen molar-refractivity contribution in [3.63, 3.8) is 0 Å². The van der Waals surface area contributed by atoms with E-state index >= 15 is 0 Å². The first-order chi connectivity index (χ1) is 9.58. The maximum Gasteiger partial charge on any atom is 0.141 e. The first kappa shape index (κ1) is 13.3. The van der Waals surface area contributed by atoms with Gasteiger partial charge in [-0.25, -0.2) is 9.97 Å². The predicted molar refractivity (Wildman–Crippen MR) is 76.8 cm³/mol. The van der Waals surface area contributed by atoms with Crippen LogP contribution in [0.25, 0.3) is 10.2 Å². The monoisotopic (exact) mass is 290 g/mol. The molecule has 0 aromatic carbocycles. The van der Waals surface area contributed by atoms with Crippen molar-refractivity contribution in [3.05, 3.63) is 16.8 Å². The van der Waals surface area contributed by atoms with Crippen LogP contribution in [0.3, 0.4) is 0 Å². The first-order valence-corrected chi connectivity index (χ1v) is 7.56. The Morgan fingerprint density at radius 3 is 2.70 bits per heavy atom. The lowest BCUT2D eigenvalue weighted by Gasteiger charge is -2.33. The summed E-state index contributed by atoms with van der Waals surface area (Å²) in [6.07, 6.45) is 2.84. The molecule has 1 aliphatic heterocycles. The van der Waals surface area contributed by atoms with Gasteiger partial charge < -0.3 is 14.8 Å². The van der Waals surface area contributed by atoms with Crippen molar-refractivity contribution < 1.29 is 9.90 Å². The fourth-order valence-electron chi connectivity index (χ4n) is 2.73. The number of hydrogen-bond donors (Lipinski definition) is 0. The minimum absolute atomic E-state index is 0.325. The summed E-state index contributed by atoms with van der Waals surface area (Å²) in [6, 6.07) is 0. The second-order valence-electron chi connectivity index (χ2n) is 5.24. The number of carbonyl (C=O) groups excluding carboxylic acids is 1. The van der Waals surface area contributed by atoms with E-state index in [9.17, 15) is 9.90 Å². The third kappa shape index (κ3) is 2.14. The van der Waals surface area contributed by atoms with E-state index < -0.39 is 5.97 Å². The molecule has 5 nitrogen and oxygen atoms in total. The van der Waals surface area contributed by atoms with E-state index in [1.807, 2.05) is 0 Å². The molecule has 3 heterocycles. The van der Waals surface area contributed by atoms with Crippen LogP contribution in [0.4, 0.5) is 5.82 Å². The Hall–Kier alpha value is -1.69. The number of rotatable bonds is 2. The highest BCUT2D eigenvalue weighted by Crippen LogP contribution is 2.35. The third-order valence-electron chi connectivity index (χ3n) is 4.07. The third-order valence-corrected chi connectivity index (χ3v) is 5.19. The molecule has 2 aromatic heterocycles. The zero-order valence-electron chi connectivity index (χ0n) is 11.5. The van der Waals surface area contributed by atoms with Gasteiger partial charge >= 0.3 is 0 Å². The molecule has 1 fully saturated rings. The average Bonchev–Trinajstić information content (AvgIpc) is 2.74. The lowest BCUT2D eigenvalue weighted by atomic mass is 9.97. The maximum absolute atomic E-state index is 10.9. The maximum atomic E-state index is 10.9. The molecule has 0 atom stereocenters. The van der Waals surface area contributed by atoms with Gasteiger partial charge in [-0.2, -0.15) is 0 Å². The van der Waals surface area contributed by atoms with E-state index in [1.165, 1.54) is 10.4 Å². The van der Waals surface area contributed by atoms with Crippen molar-refractivity contribution in [1.29, 1.82) is 0 Å². The van der Waals surface area contributed by atoms with E-state index in [1.54, 1.807) is 17.7 Å². The summed E-state index contributed by atoms with van der Waals surface area (Å²) in [4.78, 5) is 24.1. The van der Waals surface area contributed by atoms with Gasteiger partial charge in [0.15, 0.2) is 0 Å². The Labute approximate surface area is 121 Å².